The Morgan fingerprint density at radius 1 is 0.939 bits per heavy atom. The quantitative estimate of drug-likeness (QED) is 0.427. The van der Waals surface area contributed by atoms with E-state index in [2.05, 4.69) is 10.3 Å². The van der Waals surface area contributed by atoms with Gasteiger partial charge in [0.1, 0.15) is 11.6 Å². The van der Waals surface area contributed by atoms with Crippen molar-refractivity contribution in [3.63, 3.8) is 0 Å². The lowest BCUT2D eigenvalue weighted by Crippen LogP contribution is -2.33. The zero-order valence-electron chi connectivity index (χ0n) is 18.4. The van der Waals surface area contributed by atoms with Gasteiger partial charge < -0.3 is 10.1 Å². The Hall–Kier alpha value is -4.19. The predicted molar refractivity (Wildman–Crippen MR) is 128 cm³/mol. The minimum absolute atomic E-state index is 0.247. The van der Waals surface area contributed by atoms with E-state index in [1.807, 2.05) is 74.5 Å². The summed E-state index contributed by atoms with van der Waals surface area (Å²) in [6.07, 6.45) is 1.29. The maximum Gasteiger partial charge on any atom is 0.415 e. The van der Waals surface area contributed by atoms with Gasteiger partial charge in [0.25, 0.3) is 5.91 Å². The number of ether oxygens (including phenoxy) is 1. The van der Waals surface area contributed by atoms with E-state index in [0.29, 0.717) is 16.9 Å². The van der Waals surface area contributed by atoms with Gasteiger partial charge in [-0.05, 0) is 55.8 Å². The Bertz CT molecular complexity index is 1330. The van der Waals surface area contributed by atoms with E-state index < -0.39 is 11.7 Å². The van der Waals surface area contributed by atoms with Gasteiger partial charge in [-0.15, -0.1) is 0 Å². The number of nitrogens with one attached hydrogen (secondary N) is 1. The SMILES string of the molecule is CC1(C)OC(=O)N(c2ccc(C(=O)Nc3cccc4cccnc34)cc2)[C@@H]1c1ccccc1. The molecule has 0 radical (unpaired) electrons. The number of cyclic esters (lactones) is 1. The summed E-state index contributed by atoms with van der Waals surface area (Å²) in [6.45, 7) is 3.81. The Kier molecular flexibility index (Phi) is 5.05. The van der Waals surface area contributed by atoms with E-state index in [9.17, 15) is 9.59 Å². The van der Waals surface area contributed by atoms with Crippen molar-refractivity contribution in [2.45, 2.75) is 25.5 Å². The molecule has 1 saturated heterocycles. The molecule has 0 bridgehead atoms. The molecule has 0 saturated carbocycles. The summed E-state index contributed by atoms with van der Waals surface area (Å²) in [5.74, 6) is -0.247. The van der Waals surface area contributed by atoms with Crippen molar-refractivity contribution in [2.75, 3.05) is 10.2 Å². The lowest BCUT2D eigenvalue weighted by molar-refractivity contribution is 0.0685. The van der Waals surface area contributed by atoms with Crippen molar-refractivity contribution in [2.24, 2.45) is 0 Å². The minimum Gasteiger partial charge on any atom is -0.441 e. The van der Waals surface area contributed by atoms with E-state index in [1.54, 1.807) is 35.4 Å². The van der Waals surface area contributed by atoms with Crippen LogP contribution >= 0.6 is 0 Å². The first-order valence-electron chi connectivity index (χ1n) is 10.8. The molecule has 1 fully saturated rings. The number of amides is 2. The van der Waals surface area contributed by atoms with Gasteiger partial charge in [-0.3, -0.25) is 14.7 Å². The van der Waals surface area contributed by atoms with Gasteiger partial charge in [0.15, 0.2) is 0 Å². The molecule has 6 heteroatoms. The van der Waals surface area contributed by atoms with Gasteiger partial charge in [0.2, 0.25) is 0 Å². The number of fused-ring (bicyclic) bond motifs is 1. The Balaban J connectivity index is 1.42. The van der Waals surface area contributed by atoms with Crippen LogP contribution in [0.1, 0.15) is 35.8 Å². The van der Waals surface area contributed by atoms with E-state index in [4.69, 9.17) is 4.74 Å². The third-order valence-electron chi connectivity index (χ3n) is 5.87. The van der Waals surface area contributed by atoms with Crippen LogP contribution in [0.5, 0.6) is 0 Å². The van der Waals surface area contributed by atoms with Crippen LogP contribution in [0, 0.1) is 0 Å². The van der Waals surface area contributed by atoms with Gasteiger partial charge >= 0.3 is 6.09 Å². The minimum atomic E-state index is -0.699. The van der Waals surface area contributed by atoms with Crippen LogP contribution in [0.3, 0.4) is 0 Å². The summed E-state index contributed by atoms with van der Waals surface area (Å²) < 4.78 is 5.68. The van der Waals surface area contributed by atoms with E-state index >= 15 is 0 Å². The largest absolute Gasteiger partial charge is 0.441 e. The first kappa shape index (κ1) is 20.7. The third-order valence-corrected chi connectivity index (χ3v) is 5.87. The first-order valence-corrected chi connectivity index (χ1v) is 10.8. The van der Waals surface area contributed by atoms with Gasteiger partial charge in [-0.25, -0.2) is 4.79 Å². The number of carbonyl (C=O) groups is 2. The van der Waals surface area contributed by atoms with Gasteiger partial charge in [-0.1, -0.05) is 48.5 Å². The zero-order chi connectivity index (χ0) is 23.0. The molecule has 4 aromatic rings. The first-order chi connectivity index (χ1) is 15.9. The Labute approximate surface area is 191 Å². The normalized spacial score (nSPS) is 17.1. The second-order valence-corrected chi connectivity index (χ2v) is 8.54. The average molecular weight is 437 g/mol. The number of pyridine rings is 1. The van der Waals surface area contributed by atoms with E-state index in [-0.39, 0.29) is 11.9 Å². The lowest BCUT2D eigenvalue weighted by Gasteiger charge is -2.29. The molecule has 1 N–H and O–H groups in total. The molecule has 0 unspecified atom stereocenters. The summed E-state index contributed by atoms with van der Waals surface area (Å²) in [5, 5.41) is 3.89. The maximum absolute atomic E-state index is 12.9. The average Bonchev–Trinajstić information content (AvgIpc) is 3.08. The molecular weight excluding hydrogens is 414 g/mol. The fourth-order valence-corrected chi connectivity index (χ4v) is 4.36. The molecule has 2 heterocycles. The highest BCUT2D eigenvalue weighted by Crippen LogP contribution is 2.43. The van der Waals surface area contributed by atoms with Crippen LogP contribution in [0.15, 0.2) is 91.1 Å². The Morgan fingerprint density at radius 3 is 2.42 bits per heavy atom. The van der Waals surface area contributed by atoms with Gasteiger partial charge in [0, 0.05) is 22.8 Å². The summed E-state index contributed by atoms with van der Waals surface area (Å²) in [5.41, 5.74) is 2.82. The van der Waals surface area contributed by atoms with Crippen molar-refractivity contribution in [1.82, 2.24) is 4.98 Å². The van der Waals surface area contributed by atoms with Crippen LogP contribution in [-0.2, 0) is 4.74 Å². The summed E-state index contributed by atoms with van der Waals surface area (Å²) in [6, 6.07) is 26.0. The van der Waals surface area contributed by atoms with Crippen LogP contribution < -0.4 is 10.2 Å². The second kappa shape index (κ2) is 8.06. The fraction of sp³-hybridized carbons (Fsp3) is 0.148. The molecule has 164 valence electrons. The molecule has 2 amide bonds. The molecule has 33 heavy (non-hydrogen) atoms. The summed E-state index contributed by atoms with van der Waals surface area (Å²) in [7, 11) is 0. The zero-order valence-corrected chi connectivity index (χ0v) is 18.4. The highest BCUT2D eigenvalue weighted by atomic mass is 16.6. The molecular formula is C27H23N3O3. The third kappa shape index (κ3) is 3.80. The van der Waals surface area contributed by atoms with Crippen LogP contribution in [0.25, 0.3) is 10.9 Å². The van der Waals surface area contributed by atoms with Crippen LogP contribution in [0.4, 0.5) is 16.2 Å². The number of benzene rings is 3. The molecule has 0 spiro atoms. The molecule has 1 aliphatic rings. The topological polar surface area (TPSA) is 71.5 Å². The second-order valence-electron chi connectivity index (χ2n) is 8.54. The monoisotopic (exact) mass is 437 g/mol. The molecule has 5 rings (SSSR count). The van der Waals surface area contributed by atoms with Crippen molar-refractivity contribution in [3.8, 4) is 0 Å². The number of hydrogen-bond acceptors (Lipinski definition) is 4. The number of rotatable bonds is 4. The summed E-state index contributed by atoms with van der Waals surface area (Å²) in [4.78, 5) is 31.7. The van der Waals surface area contributed by atoms with Crippen LogP contribution in [0.2, 0.25) is 0 Å². The smallest absolute Gasteiger partial charge is 0.415 e. The lowest BCUT2D eigenvalue weighted by atomic mass is 9.91. The van der Waals surface area contributed by atoms with Crippen molar-refractivity contribution >= 4 is 34.3 Å². The number of nitrogens with zero attached hydrogens (tertiary/aromatic N) is 2. The maximum atomic E-state index is 12.9. The molecule has 0 aliphatic carbocycles. The van der Waals surface area contributed by atoms with Crippen molar-refractivity contribution < 1.29 is 14.3 Å². The van der Waals surface area contributed by atoms with Crippen molar-refractivity contribution in [1.29, 1.82) is 0 Å². The number of anilines is 2. The summed E-state index contributed by atoms with van der Waals surface area (Å²) >= 11 is 0. The number of para-hydroxylation sites is 1. The molecule has 6 nitrogen and oxygen atoms in total. The Morgan fingerprint density at radius 2 is 1.67 bits per heavy atom. The molecule has 1 aromatic heterocycles. The number of hydrogen-bond donors (Lipinski definition) is 1. The van der Waals surface area contributed by atoms with E-state index in [0.717, 1.165) is 16.5 Å². The van der Waals surface area contributed by atoms with Gasteiger partial charge in [0.05, 0.1) is 11.2 Å². The van der Waals surface area contributed by atoms with Crippen LogP contribution in [-0.4, -0.2) is 22.6 Å². The standard InChI is InChI=1S/C27H23N3O3/c1-27(2)24(19-8-4-3-5-9-19)30(26(32)33-27)21-15-13-20(14-16-21)25(31)29-22-12-6-10-18-11-7-17-28-23(18)22/h3-17,24H,1-2H3,(H,29,31)/t24-/m1/s1. The van der Waals surface area contributed by atoms with Crippen molar-refractivity contribution in [3.05, 3.63) is 102 Å². The van der Waals surface area contributed by atoms with Gasteiger partial charge in [-0.2, -0.15) is 0 Å². The number of aromatic nitrogens is 1. The molecule has 1 aliphatic heterocycles. The highest BCUT2D eigenvalue weighted by Gasteiger charge is 2.49. The molecule has 1 atom stereocenters. The highest BCUT2D eigenvalue weighted by molar-refractivity contribution is 6.08. The number of carbonyl (C=O) groups excluding carboxylic acids is 2. The fourth-order valence-electron chi connectivity index (χ4n) is 4.36. The molecule has 3 aromatic carbocycles. The van der Waals surface area contributed by atoms with E-state index in [1.165, 1.54) is 0 Å². The predicted octanol–water partition coefficient (Wildman–Crippen LogP) is 5.96.